The summed E-state index contributed by atoms with van der Waals surface area (Å²) < 4.78 is 10.4. The minimum atomic E-state index is 0.143. The van der Waals surface area contributed by atoms with Gasteiger partial charge in [-0.05, 0) is 24.5 Å². The molecule has 1 aliphatic rings. The van der Waals surface area contributed by atoms with Crippen LogP contribution in [0.15, 0.2) is 12.1 Å². The second kappa shape index (κ2) is 7.52. The Hall–Kier alpha value is -1.46. The standard InChI is InChI=1S/C15H21ClN2O3/c1-20-12-6-5-11(14(16)15(12)21-2)9-17-10-13(19)18-7-3-4-8-18/h5-6,17H,3-4,7-10H2,1-2H3. The van der Waals surface area contributed by atoms with E-state index in [0.717, 1.165) is 31.5 Å². The van der Waals surface area contributed by atoms with Gasteiger partial charge in [-0.2, -0.15) is 0 Å². The number of amides is 1. The van der Waals surface area contributed by atoms with E-state index in [1.165, 1.54) is 0 Å². The summed E-state index contributed by atoms with van der Waals surface area (Å²) >= 11 is 6.29. The summed E-state index contributed by atoms with van der Waals surface area (Å²) in [6, 6.07) is 3.68. The van der Waals surface area contributed by atoms with E-state index in [1.54, 1.807) is 14.2 Å². The van der Waals surface area contributed by atoms with E-state index < -0.39 is 0 Å². The Balaban J connectivity index is 1.92. The molecule has 1 N–H and O–H groups in total. The molecule has 6 heteroatoms. The van der Waals surface area contributed by atoms with Crippen molar-refractivity contribution in [2.75, 3.05) is 33.9 Å². The summed E-state index contributed by atoms with van der Waals surface area (Å²) in [6.45, 7) is 2.58. The van der Waals surface area contributed by atoms with Crippen LogP contribution < -0.4 is 14.8 Å². The number of hydrogen-bond acceptors (Lipinski definition) is 4. The van der Waals surface area contributed by atoms with Crippen molar-refractivity contribution in [2.45, 2.75) is 19.4 Å². The molecule has 1 saturated heterocycles. The molecule has 0 radical (unpaired) electrons. The van der Waals surface area contributed by atoms with Gasteiger partial charge >= 0.3 is 0 Å². The third kappa shape index (κ3) is 3.80. The predicted molar refractivity (Wildman–Crippen MR) is 82.1 cm³/mol. The Morgan fingerprint density at radius 1 is 1.29 bits per heavy atom. The zero-order valence-electron chi connectivity index (χ0n) is 12.4. The smallest absolute Gasteiger partial charge is 0.236 e. The lowest BCUT2D eigenvalue weighted by Crippen LogP contribution is -2.36. The van der Waals surface area contributed by atoms with Gasteiger partial charge < -0.3 is 19.7 Å². The Morgan fingerprint density at radius 2 is 2.00 bits per heavy atom. The maximum absolute atomic E-state index is 11.9. The van der Waals surface area contributed by atoms with Gasteiger partial charge in [-0.15, -0.1) is 0 Å². The molecule has 0 spiro atoms. The monoisotopic (exact) mass is 312 g/mol. The van der Waals surface area contributed by atoms with Crippen LogP contribution in [0.3, 0.4) is 0 Å². The van der Waals surface area contributed by atoms with Crippen LogP contribution in [0.1, 0.15) is 18.4 Å². The molecule has 1 heterocycles. The average Bonchev–Trinajstić information content (AvgIpc) is 3.02. The van der Waals surface area contributed by atoms with Crippen molar-refractivity contribution >= 4 is 17.5 Å². The maximum atomic E-state index is 11.9. The molecule has 1 aliphatic heterocycles. The number of nitrogens with one attached hydrogen (secondary N) is 1. The van der Waals surface area contributed by atoms with Gasteiger partial charge in [0.2, 0.25) is 5.91 Å². The highest BCUT2D eigenvalue weighted by Gasteiger charge is 2.18. The van der Waals surface area contributed by atoms with Crippen molar-refractivity contribution in [1.29, 1.82) is 0 Å². The minimum absolute atomic E-state index is 0.143. The molecule has 0 aromatic heterocycles. The number of methoxy groups -OCH3 is 2. The molecule has 2 rings (SSSR count). The molecule has 0 unspecified atom stereocenters. The van der Waals surface area contributed by atoms with Gasteiger partial charge in [0, 0.05) is 19.6 Å². The Kier molecular flexibility index (Phi) is 5.70. The number of carbonyl (C=O) groups excluding carboxylic acids is 1. The molecule has 21 heavy (non-hydrogen) atoms. The first-order chi connectivity index (χ1) is 10.2. The molecule has 0 bridgehead atoms. The molecule has 0 saturated carbocycles. The Morgan fingerprint density at radius 3 is 2.62 bits per heavy atom. The van der Waals surface area contributed by atoms with E-state index >= 15 is 0 Å². The van der Waals surface area contributed by atoms with Crippen LogP contribution in [0, 0.1) is 0 Å². The third-order valence-corrected chi connectivity index (χ3v) is 4.03. The third-order valence-electron chi connectivity index (χ3n) is 3.62. The average molecular weight is 313 g/mol. The van der Waals surface area contributed by atoms with E-state index in [2.05, 4.69) is 5.32 Å². The van der Waals surface area contributed by atoms with Gasteiger partial charge in [-0.3, -0.25) is 4.79 Å². The largest absolute Gasteiger partial charge is 0.493 e. The van der Waals surface area contributed by atoms with E-state index in [4.69, 9.17) is 21.1 Å². The lowest BCUT2D eigenvalue weighted by molar-refractivity contribution is -0.129. The topological polar surface area (TPSA) is 50.8 Å². The SMILES string of the molecule is COc1ccc(CNCC(=O)N2CCCC2)c(Cl)c1OC. The van der Waals surface area contributed by atoms with Crippen LogP contribution >= 0.6 is 11.6 Å². The lowest BCUT2D eigenvalue weighted by Gasteiger charge is -2.16. The first kappa shape index (κ1) is 15.9. The summed E-state index contributed by atoms with van der Waals surface area (Å²) in [4.78, 5) is 13.8. The molecule has 1 fully saturated rings. The normalized spacial score (nSPS) is 14.3. The number of likely N-dealkylation sites (tertiary alicyclic amines) is 1. The van der Waals surface area contributed by atoms with Crippen molar-refractivity contribution < 1.29 is 14.3 Å². The number of nitrogens with zero attached hydrogens (tertiary/aromatic N) is 1. The molecule has 0 atom stereocenters. The maximum Gasteiger partial charge on any atom is 0.236 e. The number of benzene rings is 1. The van der Waals surface area contributed by atoms with Crippen LogP contribution in [-0.4, -0.2) is 44.7 Å². The van der Waals surface area contributed by atoms with Crippen molar-refractivity contribution in [3.63, 3.8) is 0 Å². The number of hydrogen-bond donors (Lipinski definition) is 1. The van der Waals surface area contributed by atoms with E-state index in [1.807, 2.05) is 17.0 Å². The van der Waals surface area contributed by atoms with Crippen LogP contribution in [0.4, 0.5) is 0 Å². The Bertz CT molecular complexity index is 502. The summed E-state index contributed by atoms with van der Waals surface area (Å²) in [5.41, 5.74) is 0.878. The van der Waals surface area contributed by atoms with Crippen molar-refractivity contribution in [1.82, 2.24) is 10.2 Å². The summed E-state index contributed by atoms with van der Waals surface area (Å²) in [5, 5.41) is 3.65. The summed E-state index contributed by atoms with van der Waals surface area (Å²) in [6.07, 6.45) is 2.21. The fourth-order valence-electron chi connectivity index (χ4n) is 2.45. The van der Waals surface area contributed by atoms with Gasteiger partial charge in [-0.25, -0.2) is 0 Å². The van der Waals surface area contributed by atoms with Crippen molar-refractivity contribution in [3.8, 4) is 11.5 Å². The van der Waals surface area contributed by atoms with Gasteiger partial charge in [0.25, 0.3) is 0 Å². The highest BCUT2D eigenvalue weighted by molar-refractivity contribution is 6.33. The molecule has 1 amide bonds. The van der Waals surface area contributed by atoms with E-state index in [9.17, 15) is 4.79 Å². The quantitative estimate of drug-likeness (QED) is 0.873. The second-order valence-electron chi connectivity index (χ2n) is 4.97. The zero-order valence-corrected chi connectivity index (χ0v) is 13.2. The summed E-state index contributed by atoms with van der Waals surface area (Å²) in [7, 11) is 3.12. The van der Waals surface area contributed by atoms with Crippen LogP contribution in [0.25, 0.3) is 0 Å². The highest BCUT2D eigenvalue weighted by Crippen LogP contribution is 2.37. The molecule has 0 aliphatic carbocycles. The van der Waals surface area contributed by atoms with Crippen molar-refractivity contribution in [3.05, 3.63) is 22.7 Å². The molecule has 1 aromatic rings. The lowest BCUT2D eigenvalue weighted by atomic mass is 10.2. The number of halogens is 1. The second-order valence-corrected chi connectivity index (χ2v) is 5.34. The Labute approximate surface area is 130 Å². The van der Waals surface area contributed by atoms with Crippen LogP contribution in [-0.2, 0) is 11.3 Å². The van der Waals surface area contributed by atoms with E-state index in [-0.39, 0.29) is 5.91 Å². The van der Waals surface area contributed by atoms with Crippen LogP contribution in [0.2, 0.25) is 5.02 Å². The zero-order chi connectivity index (χ0) is 15.2. The van der Waals surface area contributed by atoms with Crippen molar-refractivity contribution in [2.24, 2.45) is 0 Å². The van der Waals surface area contributed by atoms with Crippen LogP contribution in [0.5, 0.6) is 11.5 Å². The highest BCUT2D eigenvalue weighted by atomic mass is 35.5. The molecular weight excluding hydrogens is 292 g/mol. The predicted octanol–water partition coefficient (Wildman–Crippen LogP) is 2.07. The molecular formula is C15H21ClN2O3. The van der Waals surface area contributed by atoms with Gasteiger partial charge in [-0.1, -0.05) is 17.7 Å². The first-order valence-corrected chi connectivity index (χ1v) is 7.43. The molecule has 116 valence electrons. The fraction of sp³-hybridized carbons (Fsp3) is 0.533. The van der Waals surface area contributed by atoms with Gasteiger partial charge in [0.05, 0.1) is 25.8 Å². The molecule has 1 aromatic carbocycles. The fourth-order valence-corrected chi connectivity index (χ4v) is 2.75. The van der Waals surface area contributed by atoms with Gasteiger partial charge in [0.1, 0.15) is 0 Å². The van der Waals surface area contributed by atoms with Gasteiger partial charge in [0.15, 0.2) is 11.5 Å². The number of rotatable bonds is 6. The summed E-state index contributed by atoms with van der Waals surface area (Å²) in [5.74, 6) is 1.26. The first-order valence-electron chi connectivity index (χ1n) is 7.05. The number of ether oxygens (including phenoxy) is 2. The molecule has 5 nitrogen and oxygen atoms in total. The number of carbonyl (C=O) groups is 1. The minimum Gasteiger partial charge on any atom is -0.493 e. The van der Waals surface area contributed by atoms with E-state index in [0.29, 0.717) is 29.6 Å².